The Balaban J connectivity index is 2.03. The van der Waals surface area contributed by atoms with E-state index < -0.39 is 0 Å². The van der Waals surface area contributed by atoms with Gasteiger partial charge in [0.25, 0.3) is 5.82 Å². The maximum atomic E-state index is 2.58. The van der Waals surface area contributed by atoms with E-state index in [2.05, 4.69) is 49.2 Å². The molecular weight excluding hydrogens is 448 g/mol. The molecule has 1 heterocycles. The summed E-state index contributed by atoms with van der Waals surface area (Å²) in [6.07, 6.45) is 41.8. The molecule has 0 fully saturated rings. The molecule has 1 aromatic heterocycles. The zero-order valence-electron chi connectivity index (χ0n) is 26.2. The zero-order chi connectivity index (χ0) is 26.8. The topological polar surface area (TPSA) is 8.81 Å². The fourth-order valence-electron chi connectivity index (χ4n) is 5.84. The van der Waals surface area contributed by atoms with Crippen LogP contribution < -0.4 is 4.57 Å². The maximum absolute atomic E-state index is 2.58. The molecule has 1 rings (SSSR count). The van der Waals surface area contributed by atoms with E-state index in [0.29, 0.717) is 6.04 Å². The molecule has 0 amide bonds. The molecule has 2 nitrogen and oxygen atoms in total. The van der Waals surface area contributed by atoms with E-state index in [1.165, 1.54) is 173 Å². The minimum absolute atomic E-state index is 0.570. The molecule has 0 aliphatic rings. The molecule has 0 saturated carbocycles. The fraction of sp³-hybridized carbons (Fsp3) is 0.914. The Morgan fingerprint density at radius 3 is 1.24 bits per heavy atom. The van der Waals surface area contributed by atoms with Gasteiger partial charge < -0.3 is 0 Å². The Labute approximate surface area is 234 Å². The molecule has 0 aliphatic carbocycles. The van der Waals surface area contributed by atoms with Crippen molar-refractivity contribution in [3.05, 3.63) is 18.2 Å². The van der Waals surface area contributed by atoms with Crippen LogP contribution in [0.1, 0.15) is 200 Å². The number of hydrogen-bond acceptors (Lipinski definition) is 0. The SMILES string of the molecule is CCCCCCCCCCCCCCCCCCC[n+]1ccn(C(C)C)c1CCCCCCCCCC. The Morgan fingerprint density at radius 2 is 0.865 bits per heavy atom. The van der Waals surface area contributed by atoms with Crippen LogP contribution in [0, 0.1) is 0 Å². The van der Waals surface area contributed by atoms with Gasteiger partial charge in [-0.1, -0.05) is 155 Å². The molecule has 37 heavy (non-hydrogen) atoms. The molecule has 1 aromatic rings. The molecule has 0 saturated heterocycles. The summed E-state index contributed by atoms with van der Waals surface area (Å²) in [6, 6.07) is 0.570. The van der Waals surface area contributed by atoms with Crippen LogP contribution in [-0.4, -0.2) is 4.57 Å². The summed E-state index contributed by atoms with van der Waals surface area (Å²) in [6.45, 7) is 10.5. The van der Waals surface area contributed by atoms with E-state index in [1.54, 1.807) is 5.82 Å². The fourth-order valence-corrected chi connectivity index (χ4v) is 5.84. The van der Waals surface area contributed by atoms with E-state index in [-0.39, 0.29) is 0 Å². The van der Waals surface area contributed by atoms with Crippen molar-refractivity contribution in [3.8, 4) is 0 Å². The second-order valence-electron chi connectivity index (χ2n) is 12.3. The third-order valence-electron chi connectivity index (χ3n) is 8.35. The van der Waals surface area contributed by atoms with E-state index in [0.717, 1.165) is 0 Å². The van der Waals surface area contributed by atoms with Gasteiger partial charge in [0, 0.05) is 6.42 Å². The summed E-state index contributed by atoms with van der Waals surface area (Å²) in [5.74, 6) is 1.57. The first-order valence-corrected chi connectivity index (χ1v) is 17.3. The second kappa shape index (κ2) is 25.5. The predicted octanol–water partition coefficient (Wildman–Crippen LogP) is 11.7. The van der Waals surface area contributed by atoms with Gasteiger partial charge in [0.15, 0.2) is 0 Å². The Kier molecular flexibility index (Phi) is 23.6. The number of aryl methyl sites for hydroxylation is 1. The highest BCUT2D eigenvalue weighted by Gasteiger charge is 2.18. The quantitative estimate of drug-likeness (QED) is 0.0771. The third kappa shape index (κ3) is 19.0. The van der Waals surface area contributed by atoms with Gasteiger partial charge in [-0.25, -0.2) is 9.13 Å². The number of unbranched alkanes of at least 4 members (excludes halogenated alkanes) is 23. The van der Waals surface area contributed by atoms with Crippen molar-refractivity contribution in [3.63, 3.8) is 0 Å². The lowest BCUT2D eigenvalue weighted by Gasteiger charge is -2.08. The van der Waals surface area contributed by atoms with Gasteiger partial charge in [0.1, 0.15) is 12.4 Å². The monoisotopic (exact) mass is 518 g/mol. The highest BCUT2D eigenvalue weighted by atomic mass is 15.2. The lowest BCUT2D eigenvalue weighted by atomic mass is 10.0. The number of rotatable bonds is 28. The zero-order valence-corrected chi connectivity index (χ0v) is 26.2. The Morgan fingerprint density at radius 1 is 0.514 bits per heavy atom. The summed E-state index contributed by atoms with van der Waals surface area (Å²) in [4.78, 5) is 0. The third-order valence-corrected chi connectivity index (χ3v) is 8.35. The van der Waals surface area contributed by atoms with Crippen LogP contribution in [-0.2, 0) is 13.0 Å². The van der Waals surface area contributed by atoms with Gasteiger partial charge >= 0.3 is 0 Å². The van der Waals surface area contributed by atoms with E-state index in [9.17, 15) is 0 Å². The smallest absolute Gasteiger partial charge is 0.234 e. The summed E-state index contributed by atoms with van der Waals surface area (Å²) < 4.78 is 5.10. The minimum Gasteiger partial charge on any atom is -0.234 e. The van der Waals surface area contributed by atoms with Crippen LogP contribution in [0.2, 0.25) is 0 Å². The van der Waals surface area contributed by atoms with Gasteiger partial charge in [-0.15, -0.1) is 0 Å². The average molecular weight is 518 g/mol. The van der Waals surface area contributed by atoms with Crippen LogP contribution >= 0.6 is 0 Å². The van der Waals surface area contributed by atoms with Crippen LogP contribution in [0.15, 0.2) is 12.4 Å². The van der Waals surface area contributed by atoms with Gasteiger partial charge in [0.05, 0.1) is 12.6 Å². The molecule has 218 valence electrons. The number of nitrogens with zero attached hydrogens (tertiary/aromatic N) is 2. The van der Waals surface area contributed by atoms with Gasteiger partial charge in [-0.2, -0.15) is 0 Å². The van der Waals surface area contributed by atoms with Crippen molar-refractivity contribution < 1.29 is 4.57 Å². The molecule has 0 unspecified atom stereocenters. The Hall–Kier alpha value is -0.790. The molecule has 0 atom stereocenters. The predicted molar refractivity (Wildman–Crippen MR) is 165 cm³/mol. The number of hydrogen-bond donors (Lipinski definition) is 0. The van der Waals surface area contributed by atoms with Crippen LogP contribution in [0.4, 0.5) is 0 Å². The number of aromatic nitrogens is 2. The summed E-state index contributed by atoms with van der Waals surface area (Å²) in [5.41, 5.74) is 0. The highest BCUT2D eigenvalue weighted by Crippen LogP contribution is 2.15. The first-order chi connectivity index (χ1) is 18.2. The first kappa shape index (κ1) is 34.2. The lowest BCUT2D eigenvalue weighted by molar-refractivity contribution is -0.704. The van der Waals surface area contributed by atoms with Crippen molar-refractivity contribution in [1.29, 1.82) is 0 Å². The largest absolute Gasteiger partial charge is 0.256 e. The van der Waals surface area contributed by atoms with Crippen molar-refractivity contribution in [2.24, 2.45) is 0 Å². The van der Waals surface area contributed by atoms with Crippen molar-refractivity contribution in [1.82, 2.24) is 4.57 Å². The molecule has 0 N–H and O–H groups in total. The summed E-state index contributed by atoms with van der Waals surface area (Å²) in [5, 5.41) is 0. The van der Waals surface area contributed by atoms with Gasteiger partial charge in [-0.05, 0) is 33.1 Å². The van der Waals surface area contributed by atoms with Crippen molar-refractivity contribution in [2.45, 2.75) is 207 Å². The highest BCUT2D eigenvalue weighted by molar-refractivity contribution is 4.86. The van der Waals surface area contributed by atoms with Gasteiger partial charge in [-0.3, -0.25) is 0 Å². The second-order valence-corrected chi connectivity index (χ2v) is 12.3. The molecule has 2 heteroatoms. The van der Waals surface area contributed by atoms with Gasteiger partial charge in [0.2, 0.25) is 0 Å². The van der Waals surface area contributed by atoms with Crippen molar-refractivity contribution >= 4 is 0 Å². The van der Waals surface area contributed by atoms with E-state index in [1.807, 2.05) is 0 Å². The lowest BCUT2D eigenvalue weighted by Crippen LogP contribution is -2.37. The van der Waals surface area contributed by atoms with E-state index in [4.69, 9.17) is 0 Å². The van der Waals surface area contributed by atoms with E-state index >= 15 is 0 Å². The van der Waals surface area contributed by atoms with Crippen LogP contribution in [0.3, 0.4) is 0 Å². The van der Waals surface area contributed by atoms with Crippen LogP contribution in [0.25, 0.3) is 0 Å². The average Bonchev–Trinajstić information content (AvgIpc) is 3.30. The number of imidazole rings is 1. The standard InChI is InChI=1S/C35H69N2/c1-5-7-9-11-13-15-16-17-18-19-20-21-22-23-25-27-29-31-36-32-33-37(34(3)4)35(36)30-28-26-24-14-12-10-8-6-2/h32-34H,5-31H2,1-4H3/q+1. The summed E-state index contributed by atoms with van der Waals surface area (Å²) in [7, 11) is 0. The molecule has 0 spiro atoms. The first-order valence-electron chi connectivity index (χ1n) is 17.3. The molecule has 0 bridgehead atoms. The summed E-state index contributed by atoms with van der Waals surface area (Å²) >= 11 is 0. The molecule has 0 radical (unpaired) electrons. The molecular formula is C35H69N2+. The van der Waals surface area contributed by atoms with Crippen molar-refractivity contribution in [2.75, 3.05) is 0 Å². The Bertz CT molecular complexity index is 588. The minimum atomic E-state index is 0.570. The molecule has 0 aromatic carbocycles. The molecule has 0 aliphatic heterocycles. The normalized spacial score (nSPS) is 11.7. The van der Waals surface area contributed by atoms with Crippen LogP contribution in [0.5, 0.6) is 0 Å². The maximum Gasteiger partial charge on any atom is 0.256 e.